The Balaban J connectivity index is 1.77. The quantitative estimate of drug-likeness (QED) is 0.120. The van der Waals surface area contributed by atoms with Crippen molar-refractivity contribution in [2.45, 2.75) is 77.4 Å². The van der Waals surface area contributed by atoms with Crippen molar-refractivity contribution in [1.29, 1.82) is 0 Å². The summed E-state index contributed by atoms with van der Waals surface area (Å²) in [5.74, 6) is -1.16. The van der Waals surface area contributed by atoms with Gasteiger partial charge < -0.3 is 22.9 Å². The van der Waals surface area contributed by atoms with E-state index in [9.17, 15) is 19.2 Å². The molecule has 2 fully saturated rings. The standard InChI is InChI=1S/C24H42N5O8P3Si/c1-6-41(7-2,8-3)37-14(5)17-18-13(4)16(19(21(31)34-38)29(18)20(17)30)12-28-10-9-15(11-28)25-22(26-23(32)35-39)27-24(33)36-40/h13-15,17-18H,6-12,38-40H2,1-5H3,(H2,25,26,27,32,33)/t13-,14+,15-,17?,18+/m0/s1. The summed E-state index contributed by atoms with van der Waals surface area (Å²) in [4.78, 5) is 58.0. The van der Waals surface area contributed by atoms with Crippen LogP contribution >= 0.6 is 28.4 Å². The van der Waals surface area contributed by atoms with Crippen molar-refractivity contribution in [3.8, 4) is 0 Å². The molecule has 3 amide bonds. The molecule has 0 spiro atoms. The fourth-order valence-corrected chi connectivity index (χ4v) is 9.35. The number of likely N-dealkylation sites (tertiary alicyclic amines) is 1. The molecular formula is C24H42N5O8P3Si. The van der Waals surface area contributed by atoms with Crippen molar-refractivity contribution in [3.05, 3.63) is 11.3 Å². The summed E-state index contributed by atoms with van der Waals surface area (Å²) in [5.41, 5.74) is 1.15. The Bertz CT molecular complexity index is 1060. The molecule has 0 aromatic carbocycles. The van der Waals surface area contributed by atoms with E-state index in [-0.39, 0.29) is 41.9 Å². The summed E-state index contributed by atoms with van der Waals surface area (Å²) in [5, 5.41) is 4.71. The summed E-state index contributed by atoms with van der Waals surface area (Å²) in [6.07, 6.45) is -1.24. The molecule has 0 radical (unpaired) electrons. The van der Waals surface area contributed by atoms with Crippen LogP contribution in [0, 0.1) is 11.8 Å². The van der Waals surface area contributed by atoms with Gasteiger partial charge >= 0.3 is 18.2 Å². The second-order valence-electron chi connectivity index (χ2n) is 10.6. The van der Waals surface area contributed by atoms with Crippen molar-refractivity contribution in [2.75, 3.05) is 19.6 Å². The molecule has 0 aliphatic carbocycles. The molecular weight excluding hydrogens is 607 g/mol. The monoisotopic (exact) mass is 649 g/mol. The molecule has 0 aromatic heterocycles. The first kappa shape index (κ1) is 33.8. The molecule has 3 aliphatic rings. The predicted octanol–water partition coefficient (Wildman–Crippen LogP) is 2.92. The lowest BCUT2D eigenvalue weighted by molar-refractivity contribution is -0.161. The number of hydrogen-bond acceptors (Lipinski definition) is 10. The van der Waals surface area contributed by atoms with Crippen LogP contribution in [0.2, 0.25) is 18.1 Å². The lowest BCUT2D eigenvalue weighted by Crippen LogP contribution is -2.65. The van der Waals surface area contributed by atoms with Gasteiger partial charge in [-0.15, -0.1) is 0 Å². The topological polar surface area (TPSA) is 148 Å². The van der Waals surface area contributed by atoms with Crippen molar-refractivity contribution in [1.82, 2.24) is 20.4 Å². The Kier molecular flexibility index (Phi) is 12.1. The number of amides is 3. The molecule has 13 nitrogen and oxygen atoms in total. The summed E-state index contributed by atoms with van der Waals surface area (Å²) < 4.78 is 20.7. The SMILES string of the molecule is CC[Si](CC)(CC)O[C@H](C)C1C(=O)N2C(C(=O)OP)=C(CN3CC[C@H](N=C(NC(=O)OP)NC(=O)OP)C3)[C@H](C)[C@H]12. The molecule has 17 heteroatoms. The van der Waals surface area contributed by atoms with E-state index < -0.39 is 26.5 Å². The van der Waals surface area contributed by atoms with E-state index in [1.807, 2.05) is 42.2 Å². The maximum Gasteiger partial charge on any atom is 0.416 e. The van der Waals surface area contributed by atoms with Gasteiger partial charge in [-0.05, 0) is 37.0 Å². The van der Waals surface area contributed by atoms with Gasteiger partial charge in [0, 0.05) is 25.6 Å². The Labute approximate surface area is 249 Å². The minimum atomic E-state index is -1.93. The molecule has 2 N–H and O–H groups in total. The van der Waals surface area contributed by atoms with E-state index in [0.717, 1.165) is 23.7 Å². The minimum absolute atomic E-state index is 0.0705. The smallest absolute Gasteiger partial charge is 0.416 e. The van der Waals surface area contributed by atoms with Gasteiger partial charge in [-0.3, -0.25) is 20.3 Å². The van der Waals surface area contributed by atoms with Crippen LogP contribution < -0.4 is 10.6 Å². The number of aliphatic imine (C=N–C) groups is 1. The number of guanidine groups is 1. The summed E-state index contributed by atoms with van der Waals surface area (Å²) in [6.45, 7) is 12.1. The molecule has 4 unspecified atom stereocenters. The third-order valence-corrected chi connectivity index (χ3v) is 14.0. The number of nitrogens with one attached hydrogen (secondary N) is 2. The zero-order valence-corrected chi connectivity index (χ0v) is 28.6. The molecule has 41 heavy (non-hydrogen) atoms. The number of carbonyl (C=O) groups is 4. The van der Waals surface area contributed by atoms with Crippen LogP contribution in [0.25, 0.3) is 0 Å². The van der Waals surface area contributed by atoms with E-state index in [4.69, 9.17) is 8.95 Å². The van der Waals surface area contributed by atoms with Gasteiger partial charge in [0.05, 0.1) is 52.5 Å². The normalized spacial score (nSPS) is 24.8. The van der Waals surface area contributed by atoms with Crippen LogP contribution in [-0.4, -0.2) is 86.0 Å². The Morgan fingerprint density at radius 3 is 2.15 bits per heavy atom. The third kappa shape index (κ3) is 7.28. The number of carbonyl (C=O) groups excluding carboxylic acids is 4. The number of β-lactam (4-membered cyclic amide) rings is 1. The van der Waals surface area contributed by atoms with Crippen LogP contribution in [-0.2, 0) is 27.6 Å². The number of rotatable bonds is 10. The van der Waals surface area contributed by atoms with Crippen molar-refractivity contribution in [3.63, 3.8) is 0 Å². The minimum Gasteiger partial charge on any atom is -0.447 e. The first-order chi connectivity index (χ1) is 19.5. The van der Waals surface area contributed by atoms with Crippen molar-refractivity contribution < 1.29 is 37.2 Å². The second kappa shape index (κ2) is 14.7. The first-order valence-corrected chi connectivity index (χ1v) is 17.7. The highest BCUT2D eigenvalue weighted by Crippen LogP contribution is 2.49. The lowest BCUT2D eigenvalue weighted by Gasteiger charge is -2.49. The lowest BCUT2D eigenvalue weighted by atomic mass is 9.77. The Morgan fingerprint density at radius 1 is 1.05 bits per heavy atom. The number of nitrogens with zero attached hydrogens (tertiary/aromatic N) is 3. The van der Waals surface area contributed by atoms with E-state index in [2.05, 4.69) is 50.3 Å². The van der Waals surface area contributed by atoms with Gasteiger partial charge in [-0.1, -0.05) is 27.7 Å². The van der Waals surface area contributed by atoms with Crippen molar-refractivity contribution >= 4 is 66.7 Å². The fraction of sp³-hybridized carbons (Fsp3) is 0.708. The first-order valence-electron chi connectivity index (χ1n) is 13.8. The zero-order valence-electron chi connectivity index (χ0n) is 24.2. The molecule has 3 aliphatic heterocycles. The zero-order chi connectivity index (χ0) is 30.5. The maximum absolute atomic E-state index is 13.5. The molecule has 0 aromatic rings. The van der Waals surface area contributed by atoms with E-state index in [0.29, 0.717) is 31.8 Å². The number of hydrogen-bond donors (Lipinski definition) is 2. The Hall–Kier alpha value is -1.68. The van der Waals surface area contributed by atoms with Gasteiger partial charge in [-0.2, -0.15) is 0 Å². The van der Waals surface area contributed by atoms with E-state index >= 15 is 0 Å². The predicted molar refractivity (Wildman–Crippen MR) is 165 cm³/mol. The van der Waals surface area contributed by atoms with Gasteiger partial charge in [0.25, 0.3) is 0 Å². The Morgan fingerprint density at radius 2 is 1.63 bits per heavy atom. The fourth-order valence-electron chi connectivity index (χ4n) is 6.19. The third-order valence-electron chi connectivity index (χ3n) is 8.58. The van der Waals surface area contributed by atoms with Crippen LogP contribution in [0.15, 0.2) is 16.3 Å². The molecule has 3 heterocycles. The van der Waals surface area contributed by atoms with Gasteiger partial charge in [0.2, 0.25) is 11.9 Å². The molecule has 2 saturated heterocycles. The van der Waals surface area contributed by atoms with Crippen LogP contribution in [0.4, 0.5) is 9.59 Å². The largest absolute Gasteiger partial charge is 0.447 e. The summed E-state index contributed by atoms with van der Waals surface area (Å²) >= 11 is 0. The van der Waals surface area contributed by atoms with Crippen LogP contribution in [0.1, 0.15) is 41.0 Å². The van der Waals surface area contributed by atoms with E-state index in [1.54, 1.807) is 4.90 Å². The average molecular weight is 650 g/mol. The summed E-state index contributed by atoms with van der Waals surface area (Å²) in [6, 6.07) is 2.55. The van der Waals surface area contributed by atoms with E-state index in [1.165, 1.54) is 0 Å². The number of fused-ring (bicyclic) bond motifs is 1. The summed E-state index contributed by atoms with van der Waals surface area (Å²) in [7, 11) is 3.68. The molecule has 0 bridgehead atoms. The maximum atomic E-state index is 13.5. The van der Waals surface area contributed by atoms with Gasteiger partial charge in [-0.25, -0.2) is 19.4 Å². The molecule has 230 valence electrons. The van der Waals surface area contributed by atoms with Crippen LogP contribution in [0.5, 0.6) is 0 Å². The highest BCUT2D eigenvalue weighted by Gasteiger charge is 2.61. The average Bonchev–Trinajstić information content (AvgIpc) is 3.50. The second-order valence-corrected chi connectivity index (χ2v) is 16.0. The van der Waals surface area contributed by atoms with Crippen LogP contribution in [0.3, 0.4) is 0 Å². The van der Waals surface area contributed by atoms with Crippen molar-refractivity contribution in [2.24, 2.45) is 16.8 Å². The van der Waals surface area contributed by atoms with Gasteiger partial charge in [0.1, 0.15) is 5.70 Å². The molecule has 3 rings (SSSR count). The van der Waals surface area contributed by atoms with Gasteiger partial charge in [0.15, 0.2) is 8.32 Å². The molecule has 0 saturated carbocycles. The highest BCUT2D eigenvalue weighted by molar-refractivity contribution is 7.11. The molecule has 8 atom stereocenters. The highest BCUT2D eigenvalue weighted by atomic mass is 31.0.